The Labute approximate surface area is 123 Å². The van der Waals surface area contributed by atoms with Gasteiger partial charge < -0.3 is 5.32 Å². The van der Waals surface area contributed by atoms with E-state index in [9.17, 15) is 0 Å². The number of hydrogen-bond acceptors (Lipinski definition) is 2. The van der Waals surface area contributed by atoms with Gasteiger partial charge in [-0.1, -0.05) is 35.9 Å². The second-order valence-electron chi connectivity index (χ2n) is 4.87. The predicted octanol–water partition coefficient (Wildman–Crippen LogP) is 5.25. The summed E-state index contributed by atoms with van der Waals surface area (Å²) in [5.74, 6) is 0. The third-order valence-electron chi connectivity index (χ3n) is 3.60. The largest absolute Gasteiger partial charge is 0.355 e. The summed E-state index contributed by atoms with van der Waals surface area (Å²) < 4.78 is 0. The van der Waals surface area contributed by atoms with E-state index >= 15 is 0 Å². The summed E-state index contributed by atoms with van der Waals surface area (Å²) in [5.41, 5.74) is 5.47. The SMILES string of the molecule is Cc1cccc(Nc2ccnc3c(Cl)cccc23)c1C. The van der Waals surface area contributed by atoms with Gasteiger partial charge in [-0.2, -0.15) is 0 Å². The highest BCUT2D eigenvalue weighted by atomic mass is 35.5. The number of fused-ring (bicyclic) bond motifs is 1. The van der Waals surface area contributed by atoms with E-state index in [1.54, 1.807) is 6.20 Å². The highest BCUT2D eigenvalue weighted by Gasteiger charge is 2.07. The normalized spacial score (nSPS) is 10.8. The van der Waals surface area contributed by atoms with E-state index < -0.39 is 0 Å². The number of aryl methyl sites for hydroxylation is 1. The molecule has 3 heteroatoms. The zero-order chi connectivity index (χ0) is 14.1. The zero-order valence-electron chi connectivity index (χ0n) is 11.4. The van der Waals surface area contributed by atoms with Gasteiger partial charge in [0.15, 0.2) is 0 Å². The van der Waals surface area contributed by atoms with Gasteiger partial charge in [-0.3, -0.25) is 4.98 Å². The van der Waals surface area contributed by atoms with Crippen LogP contribution in [0.1, 0.15) is 11.1 Å². The van der Waals surface area contributed by atoms with Crippen molar-refractivity contribution < 1.29 is 0 Å². The molecule has 0 aliphatic heterocycles. The predicted molar refractivity (Wildman–Crippen MR) is 86.0 cm³/mol. The van der Waals surface area contributed by atoms with Crippen LogP contribution >= 0.6 is 11.6 Å². The van der Waals surface area contributed by atoms with Crippen molar-refractivity contribution in [2.75, 3.05) is 5.32 Å². The highest BCUT2D eigenvalue weighted by molar-refractivity contribution is 6.35. The fourth-order valence-electron chi connectivity index (χ4n) is 2.28. The molecule has 1 aromatic heterocycles. The standard InChI is InChI=1S/C17H15ClN2/c1-11-5-3-8-15(12(11)2)20-16-9-10-19-17-13(16)6-4-7-14(17)18/h3-10H,1-2H3,(H,19,20). The number of aromatic nitrogens is 1. The lowest BCUT2D eigenvalue weighted by Gasteiger charge is -2.13. The molecule has 0 saturated carbocycles. The van der Waals surface area contributed by atoms with Crippen LogP contribution in [0.3, 0.4) is 0 Å². The Kier molecular flexibility index (Phi) is 3.33. The van der Waals surface area contributed by atoms with Crippen LogP contribution in [0.5, 0.6) is 0 Å². The van der Waals surface area contributed by atoms with Gasteiger partial charge in [-0.15, -0.1) is 0 Å². The number of nitrogens with one attached hydrogen (secondary N) is 1. The molecule has 0 aliphatic carbocycles. The first-order chi connectivity index (χ1) is 9.66. The van der Waals surface area contributed by atoms with Crippen LogP contribution in [0.4, 0.5) is 11.4 Å². The Balaban J connectivity index is 2.12. The van der Waals surface area contributed by atoms with E-state index in [-0.39, 0.29) is 0 Å². The van der Waals surface area contributed by atoms with Crippen molar-refractivity contribution >= 4 is 33.9 Å². The van der Waals surface area contributed by atoms with Gasteiger partial charge in [0.05, 0.1) is 10.5 Å². The van der Waals surface area contributed by atoms with Crippen LogP contribution < -0.4 is 5.32 Å². The van der Waals surface area contributed by atoms with Crippen molar-refractivity contribution in [3.63, 3.8) is 0 Å². The highest BCUT2D eigenvalue weighted by Crippen LogP contribution is 2.30. The maximum atomic E-state index is 6.20. The van der Waals surface area contributed by atoms with E-state index in [1.165, 1.54) is 11.1 Å². The van der Waals surface area contributed by atoms with Crippen molar-refractivity contribution in [3.05, 3.63) is 64.8 Å². The van der Waals surface area contributed by atoms with Gasteiger partial charge in [0.2, 0.25) is 0 Å². The molecular weight excluding hydrogens is 268 g/mol. The first kappa shape index (κ1) is 12.9. The van der Waals surface area contributed by atoms with Crippen LogP contribution in [0, 0.1) is 13.8 Å². The fraction of sp³-hybridized carbons (Fsp3) is 0.118. The van der Waals surface area contributed by atoms with Crippen molar-refractivity contribution in [3.8, 4) is 0 Å². The Morgan fingerprint density at radius 1 is 0.950 bits per heavy atom. The second kappa shape index (κ2) is 5.14. The van der Waals surface area contributed by atoms with Gasteiger partial charge in [-0.25, -0.2) is 0 Å². The summed E-state index contributed by atoms with van der Waals surface area (Å²) in [7, 11) is 0. The third kappa shape index (κ3) is 2.23. The Bertz CT molecular complexity index is 781. The van der Waals surface area contributed by atoms with E-state index in [4.69, 9.17) is 11.6 Å². The molecule has 3 aromatic rings. The summed E-state index contributed by atoms with van der Waals surface area (Å²) in [6, 6.07) is 14.1. The van der Waals surface area contributed by atoms with Gasteiger partial charge >= 0.3 is 0 Å². The number of rotatable bonds is 2. The number of hydrogen-bond donors (Lipinski definition) is 1. The first-order valence-corrected chi connectivity index (χ1v) is 6.91. The van der Waals surface area contributed by atoms with Crippen LogP contribution in [-0.4, -0.2) is 4.98 Å². The maximum Gasteiger partial charge on any atom is 0.0908 e. The topological polar surface area (TPSA) is 24.9 Å². The number of halogens is 1. The number of benzene rings is 2. The number of anilines is 2. The molecule has 20 heavy (non-hydrogen) atoms. The van der Waals surface area contributed by atoms with Crippen molar-refractivity contribution in [1.29, 1.82) is 0 Å². The van der Waals surface area contributed by atoms with E-state index in [0.717, 1.165) is 22.3 Å². The summed E-state index contributed by atoms with van der Waals surface area (Å²) in [6.45, 7) is 4.23. The molecule has 3 rings (SSSR count). The molecule has 1 heterocycles. The third-order valence-corrected chi connectivity index (χ3v) is 3.90. The molecule has 0 bridgehead atoms. The summed E-state index contributed by atoms with van der Waals surface area (Å²) >= 11 is 6.20. The lowest BCUT2D eigenvalue weighted by molar-refractivity contribution is 1.33. The van der Waals surface area contributed by atoms with Crippen molar-refractivity contribution in [2.45, 2.75) is 13.8 Å². The molecule has 2 nitrogen and oxygen atoms in total. The van der Waals surface area contributed by atoms with E-state index in [1.807, 2.05) is 24.3 Å². The molecule has 0 aliphatic rings. The minimum absolute atomic E-state index is 0.673. The smallest absolute Gasteiger partial charge is 0.0908 e. The van der Waals surface area contributed by atoms with Gasteiger partial charge in [0.25, 0.3) is 0 Å². The molecule has 0 saturated heterocycles. The number of para-hydroxylation sites is 1. The van der Waals surface area contributed by atoms with Crippen LogP contribution in [0.25, 0.3) is 10.9 Å². The van der Waals surface area contributed by atoms with Gasteiger partial charge in [0, 0.05) is 23.0 Å². The quantitative estimate of drug-likeness (QED) is 0.694. The van der Waals surface area contributed by atoms with E-state index in [2.05, 4.69) is 42.3 Å². The van der Waals surface area contributed by atoms with E-state index in [0.29, 0.717) is 5.02 Å². The lowest BCUT2D eigenvalue weighted by atomic mass is 10.1. The zero-order valence-corrected chi connectivity index (χ0v) is 12.2. The molecule has 1 N–H and O–H groups in total. The van der Waals surface area contributed by atoms with Crippen LogP contribution in [0.2, 0.25) is 5.02 Å². The monoisotopic (exact) mass is 282 g/mol. The first-order valence-electron chi connectivity index (χ1n) is 6.53. The number of pyridine rings is 1. The number of nitrogens with zero attached hydrogens (tertiary/aromatic N) is 1. The molecule has 0 amide bonds. The second-order valence-corrected chi connectivity index (χ2v) is 5.27. The van der Waals surface area contributed by atoms with Crippen LogP contribution in [0.15, 0.2) is 48.7 Å². The average Bonchev–Trinajstić information content (AvgIpc) is 2.45. The van der Waals surface area contributed by atoms with Crippen LogP contribution in [-0.2, 0) is 0 Å². The van der Waals surface area contributed by atoms with Crippen molar-refractivity contribution in [1.82, 2.24) is 4.98 Å². The average molecular weight is 283 g/mol. The minimum atomic E-state index is 0.673. The van der Waals surface area contributed by atoms with Gasteiger partial charge in [0.1, 0.15) is 0 Å². The van der Waals surface area contributed by atoms with Crippen molar-refractivity contribution in [2.24, 2.45) is 0 Å². The van der Waals surface area contributed by atoms with Gasteiger partial charge in [-0.05, 0) is 43.2 Å². The lowest BCUT2D eigenvalue weighted by Crippen LogP contribution is -1.96. The summed E-state index contributed by atoms with van der Waals surface area (Å²) in [5, 5.41) is 5.19. The Morgan fingerprint density at radius 2 is 1.75 bits per heavy atom. The summed E-state index contributed by atoms with van der Waals surface area (Å²) in [4.78, 5) is 4.35. The Morgan fingerprint density at radius 3 is 2.60 bits per heavy atom. The molecule has 0 atom stereocenters. The molecule has 0 fully saturated rings. The molecule has 100 valence electrons. The molecule has 0 spiro atoms. The Hall–Kier alpha value is -2.06. The fourth-order valence-corrected chi connectivity index (χ4v) is 2.50. The minimum Gasteiger partial charge on any atom is -0.355 e. The molecule has 0 radical (unpaired) electrons. The summed E-state index contributed by atoms with van der Waals surface area (Å²) in [6.07, 6.45) is 1.78. The molecule has 0 unspecified atom stereocenters. The molecular formula is C17H15ClN2. The maximum absolute atomic E-state index is 6.20. The molecule has 2 aromatic carbocycles.